The SMILES string of the molecule is CCC(O)Cc1nnc2cc(-c3ccnc(Nc4ccnn4C)n3)ccn12. The Hall–Kier alpha value is -3.33. The Balaban J connectivity index is 1.62. The number of fused-ring (bicyclic) bond motifs is 1. The third-order valence-electron chi connectivity index (χ3n) is 4.38. The molecule has 9 heteroatoms. The molecule has 4 aromatic heterocycles. The molecule has 2 N–H and O–H groups in total. The summed E-state index contributed by atoms with van der Waals surface area (Å²) in [7, 11) is 1.85. The van der Waals surface area contributed by atoms with Crippen molar-refractivity contribution >= 4 is 17.4 Å². The van der Waals surface area contributed by atoms with Crippen LogP contribution < -0.4 is 5.32 Å². The van der Waals surface area contributed by atoms with Gasteiger partial charge in [0.2, 0.25) is 5.95 Å². The number of nitrogens with zero attached hydrogens (tertiary/aromatic N) is 7. The zero-order valence-corrected chi connectivity index (χ0v) is 15.1. The van der Waals surface area contributed by atoms with E-state index in [1.165, 1.54) is 0 Å². The molecule has 0 amide bonds. The monoisotopic (exact) mass is 364 g/mol. The summed E-state index contributed by atoms with van der Waals surface area (Å²) in [5, 5.41) is 25.5. The Morgan fingerprint density at radius 2 is 2.07 bits per heavy atom. The van der Waals surface area contributed by atoms with Crippen molar-refractivity contribution in [3.63, 3.8) is 0 Å². The van der Waals surface area contributed by atoms with Crippen LogP contribution in [-0.2, 0) is 13.5 Å². The van der Waals surface area contributed by atoms with Gasteiger partial charge in [-0.1, -0.05) is 6.92 Å². The predicted octanol–water partition coefficient (Wildman–Crippen LogP) is 1.98. The van der Waals surface area contributed by atoms with Gasteiger partial charge in [-0.25, -0.2) is 9.97 Å². The van der Waals surface area contributed by atoms with E-state index in [4.69, 9.17) is 0 Å². The maximum absolute atomic E-state index is 9.87. The van der Waals surface area contributed by atoms with Crippen LogP contribution in [0.3, 0.4) is 0 Å². The van der Waals surface area contributed by atoms with E-state index in [1.54, 1.807) is 17.1 Å². The lowest BCUT2D eigenvalue weighted by Gasteiger charge is -2.08. The fourth-order valence-corrected chi connectivity index (χ4v) is 2.78. The van der Waals surface area contributed by atoms with E-state index >= 15 is 0 Å². The molecule has 0 aromatic carbocycles. The summed E-state index contributed by atoms with van der Waals surface area (Å²) in [6, 6.07) is 7.57. The number of hydrogen-bond acceptors (Lipinski definition) is 7. The van der Waals surface area contributed by atoms with E-state index in [2.05, 4.69) is 30.6 Å². The second-order valence-electron chi connectivity index (χ2n) is 6.26. The minimum absolute atomic E-state index is 0.417. The molecule has 138 valence electrons. The summed E-state index contributed by atoms with van der Waals surface area (Å²) in [6.07, 6.45) is 6.05. The zero-order chi connectivity index (χ0) is 18.8. The van der Waals surface area contributed by atoms with E-state index in [9.17, 15) is 5.11 Å². The summed E-state index contributed by atoms with van der Waals surface area (Å²) < 4.78 is 3.60. The highest BCUT2D eigenvalue weighted by molar-refractivity contribution is 5.65. The first-order valence-electron chi connectivity index (χ1n) is 8.74. The van der Waals surface area contributed by atoms with Crippen molar-refractivity contribution in [2.45, 2.75) is 25.9 Å². The zero-order valence-electron chi connectivity index (χ0n) is 15.1. The standard InChI is InChI=1S/C18H20N8O/c1-3-13(27)11-17-24-23-16-10-12(6-9-26(16)17)14-4-7-19-18(21-14)22-15-5-8-20-25(15)2/h4-10,13,27H,3,11H2,1-2H3,(H,19,21,22). The smallest absolute Gasteiger partial charge is 0.228 e. The first kappa shape index (κ1) is 17.1. The number of rotatable bonds is 6. The number of pyridine rings is 1. The Morgan fingerprint density at radius 3 is 2.85 bits per heavy atom. The molecule has 0 saturated heterocycles. The molecule has 0 aliphatic heterocycles. The molecule has 0 fully saturated rings. The minimum Gasteiger partial charge on any atom is -0.393 e. The maximum atomic E-state index is 9.87. The van der Waals surface area contributed by atoms with Crippen molar-refractivity contribution in [1.82, 2.24) is 34.3 Å². The second kappa shape index (κ2) is 7.12. The van der Waals surface area contributed by atoms with Gasteiger partial charge >= 0.3 is 0 Å². The highest BCUT2D eigenvalue weighted by Crippen LogP contribution is 2.21. The average molecular weight is 364 g/mol. The van der Waals surface area contributed by atoms with Crippen LogP contribution in [0.5, 0.6) is 0 Å². The molecule has 0 bridgehead atoms. The van der Waals surface area contributed by atoms with E-state index in [0.717, 1.165) is 22.9 Å². The molecule has 0 radical (unpaired) electrons. The van der Waals surface area contributed by atoms with Crippen LogP contribution in [-0.4, -0.2) is 45.6 Å². The highest BCUT2D eigenvalue weighted by Gasteiger charge is 2.12. The lowest BCUT2D eigenvalue weighted by Crippen LogP contribution is -2.11. The van der Waals surface area contributed by atoms with Crippen LogP contribution >= 0.6 is 0 Å². The van der Waals surface area contributed by atoms with E-state index in [0.29, 0.717) is 24.4 Å². The van der Waals surface area contributed by atoms with Gasteiger partial charge in [0.05, 0.1) is 18.0 Å². The van der Waals surface area contributed by atoms with Crippen LogP contribution in [0, 0.1) is 0 Å². The highest BCUT2D eigenvalue weighted by atomic mass is 16.3. The summed E-state index contributed by atoms with van der Waals surface area (Å²) in [5.41, 5.74) is 2.40. The number of aryl methyl sites for hydroxylation is 1. The largest absolute Gasteiger partial charge is 0.393 e. The predicted molar refractivity (Wildman–Crippen MR) is 101 cm³/mol. The number of nitrogens with one attached hydrogen (secondary N) is 1. The quantitative estimate of drug-likeness (QED) is 0.539. The molecule has 27 heavy (non-hydrogen) atoms. The molecule has 0 saturated carbocycles. The van der Waals surface area contributed by atoms with Gasteiger partial charge in [0, 0.05) is 37.5 Å². The summed E-state index contributed by atoms with van der Waals surface area (Å²) in [4.78, 5) is 8.84. The minimum atomic E-state index is -0.417. The molecule has 0 aliphatic carbocycles. The van der Waals surface area contributed by atoms with Crippen LogP contribution in [0.2, 0.25) is 0 Å². The van der Waals surface area contributed by atoms with Gasteiger partial charge in [0.25, 0.3) is 0 Å². The van der Waals surface area contributed by atoms with Crippen LogP contribution in [0.25, 0.3) is 16.9 Å². The number of aromatic nitrogens is 7. The normalized spacial score (nSPS) is 12.4. The van der Waals surface area contributed by atoms with E-state index in [-0.39, 0.29) is 0 Å². The van der Waals surface area contributed by atoms with Gasteiger partial charge in [-0.15, -0.1) is 10.2 Å². The van der Waals surface area contributed by atoms with E-state index in [1.807, 2.05) is 48.8 Å². The van der Waals surface area contributed by atoms with Crippen molar-refractivity contribution in [1.29, 1.82) is 0 Å². The third kappa shape index (κ3) is 3.49. The Bertz CT molecular complexity index is 1070. The Labute approximate surface area is 155 Å². The van der Waals surface area contributed by atoms with Crippen LogP contribution in [0.4, 0.5) is 11.8 Å². The fourth-order valence-electron chi connectivity index (χ4n) is 2.78. The molecule has 1 atom stereocenters. The third-order valence-corrected chi connectivity index (χ3v) is 4.38. The molecular weight excluding hydrogens is 344 g/mol. The van der Waals surface area contributed by atoms with Gasteiger partial charge in [-0.3, -0.25) is 9.08 Å². The Morgan fingerprint density at radius 1 is 1.19 bits per heavy atom. The maximum Gasteiger partial charge on any atom is 0.228 e. The van der Waals surface area contributed by atoms with Crippen molar-refractivity contribution in [3.8, 4) is 11.3 Å². The summed E-state index contributed by atoms with van der Waals surface area (Å²) >= 11 is 0. The lowest BCUT2D eigenvalue weighted by atomic mass is 10.2. The summed E-state index contributed by atoms with van der Waals surface area (Å²) in [5.74, 6) is 2.04. The molecule has 0 spiro atoms. The number of hydrogen-bond donors (Lipinski definition) is 2. The van der Waals surface area contributed by atoms with Gasteiger partial charge in [-0.2, -0.15) is 5.10 Å². The topological polar surface area (TPSA) is 106 Å². The first-order chi connectivity index (χ1) is 13.1. The summed E-state index contributed by atoms with van der Waals surface area (Å²) in [6.45, 7) is 1.94. The van der Waals surface area contributed by atoms with Crippen LogP contribution in [0.15, 0.2) is 42.9 Å². The molecule has 0 aliphatic rings. The van der Waals surface area contributed by atoms with E-state index < -0.39 is 6.10 Å². The lowest BCUT2D eigenvalue weighted by molar-refractivity contribution is 0.168. The van der Waals surface area contributed by atoms with Crippen molar-refractivity contribution < 1.29 is 5.11 Å². The molecular formula is C18H20N8O. The first-order valence-corrected chi connectivity index (χ1v) is 8.74. The molecule has 1 unspecified atom stereocenters. The van der Waals surface area contributed by atoms with Gasteiger partial charge < -0.3 is 10.4 Å². The van der Waals surface area contributed by atoms with Gasteiger partial charge in [0.1, 0.15) is 11.6 Å². The molecule has 9 nitrogen and oxygen atoms in total. The molecule has 4 heterocycles. The van der Waals surface area contributed by atoms with Crippen LogP contribution in [0.1, 0.15) is 19.2 Å². The molecule has 4 rings (SSSR count). The van der Waals surface area contributed by atoms with Gasteiger partial charge in [0.15, 0.2) is 5.65 Å². The number of aliphatic hydroxyl groups is 1. The Kier molecular flexibility index (Phi) is 4.51. The average Bonchev–Trinajstić information content (AvgIpc) is 3.28. The molecule has 4 aromatic rings. The van der Waals surface area contributed by atoms with Crippen molar-refractivity contribution in [2.75, 3.05) is 5.32 Å². The fraction of sp³-hybridized carbons (Fsp3) is 0.278. The number of aliphatic hydroxyl groups excluding tert-OH is 1. The second-order valence-corrected chi connectivity index (χ2v) is 6.26. The number of anilines is 2. The van der Waals surface area contributed by atoms with Crippen molar-refractivity contribution in [2.24, 2.45) is 7.05 Å². The van der Waals surface area contributed by atoms with Crippen molar-refractivity contribution in [3.05, 3.63) is 48.7 Å². The van der Waals surface area contributed by atoms with Gasteiger partial charge in [-0.05, 0) is 24.6 Å².